The zero-order valence-electron chi connectivity index (χ0n) is 30.0. The topological polar surface area (TPSA) is 152 Å². The maximum absolute atomic E-state index is 13.5. The van der Waals surface area contributed by atoms with Crippen LogP contribution in [0.25, 0.3) is 0 Å². The molecule has 12 nitrogen and oxygen atoms in total. The second-order valence-corrected chi connectivity index (χ2v) is 14.6. The molecule has 2 aliphatic heterocycles. The molecule has 22 heteroatoms. The molecule has 0 spiro atoms. The number of aromatic nitrogens is 4. The Morgan fingerprint density at radius 2 is 0.983 bits per heavy atom. The molecule has 2 aliphatic rings. The van der Waals surface area contributed by atoms with Crippen molar-refractivity contribution in [1.29, 1.82) is 0 Å². The summed E-state index contributed by atoms with van der Waals surface area (Å²) >= 11 is 23.6. The van der Waals surface area contributed by atoms with Crippen molar-refractivity contribution in [3.05, 3.63) is 91.4 Å². The molecule has 2 aromatic heterocycles. The van der Waals surface area contributed by atoms with E-state index in [2.05, 4.69) is 41.2 Å². The van der Waals surface area contributed by atoms with Gasteiger partial charge in [0.05, 0.1) is 32.5 Å². The molecule has 4 aromatic rings. The number of hydrogen-bond acceptors (Lipinski definition) is 10. The van der Waals surface area contributed by atoms with E-state index in [-0.39, 0.29) is 58.2 Å². The summed E-state index contributed by atoms with van der Waals surface area (Å²) in [6.07, 6.45) is -5.01. The van der Waals surface area contributed by atoms with Crippen LogP contribution in [0.3, 0.4) is 0 Å². The van der Waals surface area contributed by atoms with Crippen LogP contribution < -0.4 is 21.3 Å². The SMILES string of the molecule is O=C(NCC1CCOCC1)c1cnc(Nc2ccc(Cl)cc2Cl)nc1C(F)(F)F.O=C(NCC1CCOCC1)c1cnc(Nc2ccc(Cl)cc2Cl)nc1C(F)(F)F. The van der Waals surface area contributed by atoms with Gasteiger partial charge in [-0.1, -0.05) is 46.4 Å². The summed E-state index contributed by atoms with van der Waals surface area (Å²) in [6.45, 7) is 2.83. The van der Waals surface area contributed by atoms with Crippen LogP contribution in [0.1, 0.15) is 57.8 Å². The summed E-state index contributed by atoms with van der Waals surface area (Å²) in [7, 11) is 0. The average molecular weight is 899 g/mol. The summed E-state index contributed by atoms with van der Waals surface area (Å²) in [5, 5.41) is 11.4. The van der Waals surface area contributed by atoms with Crippen molar-refractivity contribution in [2.24, 2.45) is 11.8 Å². The number of alkyl halides is 6. The molecule has 4 N–H and O–H groups in total. The van der Waals surface area contributed by atoms with Gasteiger partial charge in [0.1, 0.15) is 0 Å². The zero-order chi connectivity index (χ0) is 42.0. The van der Waals surface area contributed by atoms with E-state index < -0.39 is 46.7 Å². The van der Waals surface area contributed by atoms with Gasteiger partial charge in [-0.2, -0.15) is 26.3 Å². The van der Waals surface area contributed by atoms with Crippen LogP contribution >= 0.6 is 46.4 Å². The molecule has 0 aliphatic carbocycles. The first-order valence-corrected chi connectivity index (χ1v) is 19.0. The van der Waals surface area contributed by atoms with Crippen LogP contribution in [0.4, 0.5) is 49.6 Å². The predicted molar refractivity (Wildman–Crippen MR) is 205 cm³/mol. The van der Waals surface area contributed by atoms with Gasteiger partial charge in [-0.05, 0) is 73.9 Å². The minimum atomic E-state index is -4.84. The van der Waals surface area contributed by atoms with E-state index in [4.69, 9.17) is 55.9 Å². The van der Waals surface area contributed by atoms with Crippen molar-refractivity contribution >= 4 is 81.5 Å². The van der Waals surface area contributed by atoms with Gasteiger partial charge < -0.3 is 30.7 Å². The van der Waals surface area contributed by atoms with Crippen LogP contribution in [0, 0.1) is 11.8 Å². The molecule has 2 fully saturated rings. The van der Waals surface area contributed by atoms with E-state index in [0.29, 0.717) is 36.5 Å². The number of hydrogen-bond donors (Lipinski definition) is 4. The van der Waals surface area contributed by atoms with Gasteiger partial charge in [0.25, 0.3) is 11.8 Å². The van der Waals surface area contributed by atoms with Crippen LogP contribution in [0.5, 0.6) is 0 Å². The second-order valence-electron chi connectivity index (χ2n) is 12.9. The highest BCUT2D eigenvalue weighted by molar-refractivity contribution is 6.37. The van der Waals surface area contributed by atoms with Crippen LogP contribution in [-0.4, -0.2) is 71.3 Å². The molecule has 0 unspecified atom stereocenters. The predicted octanol–water partition coefficient (Wildman–Crippen LogP) is 9.40. The monoisotopic (exact) mass is 896 g/mol. The van der Waals surface area contributed by atoms with Crippen molar-refractivity contribution in [3.8, 4) is 0 Å². The Balaban J connectivity index is 0.000000221. The Kier molecular flexibility index (Phi) is 15.6. The number of benzene rings is 2. The lowest BCUT2D eigenvalue weighted by atomic mass is 10.0. The summed E-state index contributed by atoms with van der Waals surface area (Å²) in [5.41, 5.74) is -3.38. The summed E-state index contributed by atoms with van der Waals surface area (Å²) in [4.78, 5) is 39.3. The van der Waals surface area contributed by atoms with Gasteiger partial charge >= 0.3 is 12.4 Å². The third-order valence-corrected chi connectivity index (χ3v) is 9.84. The lowest BCUT2D eigenvalue weighted by Gasteiger charge is -2.22. The Hall–Kier alpha value is -4.20. The van der Waals surface area contributed by atoms with Crippen LogP contribution in [0.2, 0.25) is 20.1 Å². The number of nitrogens with one attached hydrogen (secondary N) is 4. The van der Waals surface area contributed by atoms with E-state index in [1.807, 2.05) is 0 Å². The Labute approximate surface area is 347 Å². The van der Waals surface area contributed by atoms with Gasteiger partial charge in [0.15, 0.2) is 11.4 Å². The normalized spacial score (nSPS) is 15.2. The van der Waals surface area contributed by atoms with E-state index >= 15 is 0 Å². The quantitative estimate of drug-likeness (QED) is 0.113. The molecule has 6 rings (SSSR count). The van der Waals surface area contributed by atoms with Crippen molar-refractivity contribution in [3.63, 3.8) is 0 Å². The fourth-order valence-electron chi connectivity index (χ4n) is 5.64. The second kappa shape index (κ2) is 20.2. The molecular formula is C36H34Cl4F6N8O4. The lowest BCUT2D eigenvalue weighted by molar-refractivity contribution is -0.142. The average Bonchev–Trinajstić information content (AvgIpc) is 3.18. The van der Waals surface area contributed by atoms with Crippen molar-refractivity contribution in [1.82, 2.24) is 30.6 Å². The number of rotatable bonds is 10. The zero-order valence-corrected chi connectivity index (χ0v) is 33.1. The fraction of sp³-hybridized carbons (Fsp3) is 0.389. The first kappa shape index (κ1) is 44.9. The van der Waals surface area contributed by atoms with E-state index in [1.54, 1.807) is 0 Å². The third-order valence-electron chi connectivity index (χ3n) is 8.74. The molecule has 2 amide bonds. The van der Waals surface area contributed by atoms with Crippen LogP contribution in [0.15, 0.2) is 48.8 Å². The van der Waals surface area contributed by atoms with Gasteiger partial charge in [-0.25, -0.2) is 19.9 Å². The Morgan fingerprint density at radius 1 is 0.621 bits per heavy atom. The molecule has 0 atom stereocenters. The van der Waals surface area contributed by atoms with Gasteiger partial charge in [-0.3, -0.25) is 9.59 Å². The maximum Gasteiger partial charge on any atom is 0.434 e. The smallest absolute Gasteiger partial charge is 0.381 e. The number of amides is 2. The number of carbonyl (C=O) groups excluding carboxylic acids is 2. The van der Waals surface area contributed by atoms with Gasteiger partial charge in [0.2, 0.25) is 11.9 Å². The van der Waals surface area contributed by atoms with Crippen molar-refractivity contribution in [2.75, 3.05) is 50.2 Å². The molecule has 312 valence electrons. The molecule has 58 heavy (non-hydrogen) atoms. The molecule has 0 bridgehead atoms. The van der Waals surface area contributed by atoms with Crippen molar-refractivity contribution in [2.45, 2.75) is 38.0 Å². The molecule has 0 radical (unpaired) electrons. The van der Waals surface area contributed by atoms with E-state index in [1.165, 1.54) is 36.4 Å². The number of anilines is 4. The fourth-order valence-corrected chi connectivity index (χ4v) is 6.55. The van der Waals surface area contributed by atoms with Crippen LogP contribution in [-0.2, 0) is 21.8 Å². The first-order chi connectivity index (χ1) is 27.5. The first-order valence-electron chi connectivity index (χ1n) is 17.5. The lowest BCUT2D eigenvalue weighted by Crippen LogP contribution is -2.33. The molecule has 0 saturated carbocycles. The number of carbonyl (C=O) groups is 2. The maximum atomic E-state index is 13.5. The van der Waals surface area contributed by atoms with E-state index in [0.717, 1.165) is 38.1 Å². The molecule has 2 aromatic carbocycles. The molecule has 2 saturated heterocycles. The third kappa shape index (κ3) is 12.9. The highest BCUT2D eigenvalue weighted by Crippen LogP contribution is 2.34. The van der Waals surface area contributed by atoms with Gasteiger partial charge in [0, 0.05) is 62.0 Å². The van der Waals surface area contributed by atoms with E-state index in [9.17, 15) is 35.9 Å². The molecule has 4 heterocycles. The summed E-state index contributed by atoms with van der Waals surface area (Å²) in [5.74, 6) is -2.11. The summed E-state index contributed by atoms with van der Waals surface area (Å²) in [6, 6.07) is 8.84. The Bertz CT molecular complexity index is 1920. The number of nitrogens with zero attached hydrogens (tertiary/aromatic N) is 4. The standard InChI is InChI=1S/2C18H17Cl2F3N4O2/c2*19-11-1-2-14(13(20)7-11)26-17-25-9-12(15(27-17)18(21,22)23)16(28)24-8-10-3-5-29-6-4-10/h2*1-2,7,9-10H,3-6,8H2,(H,24,28)(H,25,26,27). The number of halogens is 10. The minimum absolute atomic E-state index is 0.163. The minimum Gasteiger partial charge on any atom is -0.381 e. The molecular weight excluding hydrogens is 864 g/mol. The summed E-state index contributed by atoms with van der Waals surface area (Å²) < 4.78 is 91.4. The highest BCUT2D eigenvalue weighted by Gasteiger charge is 2.39. The van der Waals surface area contributed by atoms with Crippen molar-refractivity contribution < 1.29 is 45.4 Å². The Morgan fingerprint density at radius 3 is 1.31 bits per heavy atom. The van der Waals surface area contributed by atoms with Gasteiger partial charge in [-0.15, -0.1) is 0 Å². The largest absolute Gasteiger partial charge is 0.434 e. The highest BCUT2D eigenvalue weighted by atomic mass is 35.5. The number of ether oxygens (including phenoxy) is 2.